The Kier molecular flexibility index (Phi) is 4.40. The van der Waals surface area contributed by atoms with Crippen molar-refractivity contribution in [1.29, 1.82) is 0 Å². The van der Waals surface area contributed by atoms with Gasteiger partial charge in [0.1, 0.15) is 0 Å². The van der Waals surface area contributed by atoms with E-state index in [1.807, 2.05) is 12.1 Å². The molecule has 0 saturated heterocycles. The molecular weight excluding hydrogens is 224 g/mol. The molecule has 1 aliphatic rings. The lowest BCUT2D eigenvalue weighted by Crippen LogP contribution is -2.15. The molecule has 0 N–H and O–H groups in total. The summed E-state index contributed by atoms with van der Waals surface area (Å²) in [5.41, 5.74) is 0.784. The van der Waals surface area contributed by atoms with Crippen molar-refractivity contribution < 1.29 is 4.74 Å². The van der Waals surface area contributed by atoms with E-state index in [4.69, 9.17) is 16.3 Å². The Morgan fingerprint density at radius 1 is 1.19 bits per heavy atom. The molecular formula is C12H17ClN2O. The van der Waals surface area contributed by atoms with Crippen LogP contribution < -0.4 is 4.74 Å². The van der Waals surface area contributed by atoms with Crippen molar-refractivity contribution in [2.75, 3.05) is 6.61 Å². The zero-order valence-electron chi connectivity index (χ0n) is 9.36. The summed E-state index contributed by atoms with van der Waals surface area (Å²) in [4.78, 5) is 0. The van der Waals surface area contributed by atoms with Gasteiger partial charge >= 0.3 is 0 Å². The van der Waals surface area contributed by atoms with E-state index in [1.54, 1.807) is 0 Å². The summed E-state index contributed by atoms with van der Waals surface area (Å²) in [6.45, 7) is 0.773. The van der Waals surface area contributed by atoms with Crippen LogP contribution in [-0.4, -0.2) is 16.8 Å². The minimum absolute atomic E-state index is 0.399. The summed E-state index contributed by atoms with van der Waals surface area (Å²) in [6, 6.07) is 3.70. The van der Waals surface area contributed by atoms with Gasteiger partial charge in [-0.3, -0.25) is 0 Å². The van der Waals surface area contributed by atoms with Crippen LogP contribution in [0.2, 0.25) is 0 Å². The molecule has 0 amide bonds. The molecule has 0 aromatic carbocycles. The first-order valence-corrected chi connectivity index (χ1v) is 6.43. The minimum atomic E-state index is 0.399. The number of nitrogens with zero attached hydrogens (tertiary/aromatic N) is 2. The van der Waals surface area contributed by atoms with Crippen molar-refractivity contribution in [1.82, 2.24) is 10.2 Å². The SMILES string of the molecule is ClCc1ccc(OCC2CCCCC2)nn1. The second kappa shape index (κ2) is 6.04. The maximum atomic E-state index is 5.63. The van der Waals surface area contributed by atoms with Crippen LogP contribution in [-0.2, 0) is 5.88 Å². The summed E-state index contributed by atoms with van der Waals surface area (Å²) in [6.07, 6.45) is 6.62. The molecule has 0 spiro atoms. The summed E-state index contributed by atoms with van der Waals surface area (Å²) in [5, 5.41) is 7.93. The van der Waals surface area contributed by atoms with Crippen LogP contribution in [0.5, 0.6) is 5.88 Å². The molecule has 88 valence electrons. The third kappa shape index (κ3) is 3.34. The van der Waals surface area contributed by atoms with Gasteiger partial charge in [-0.25, -0.2) is 0 Å². The third-order valence-corrected chi connectivity index (χ3v) is 3.30. The standard InChI is InChI=1S/C12H17ClN2O/c13-8-11-6-7-12(15-14-11)16-9-10-4-2-1-3-5-10/h6-7,10H,1-5,8-9H2. The molecule has 1 heterocycles. The van der Waals surface area contributed by atoms with Crippen molar-refractivity contribution in [2.45, 2.75) is 38.0 Å². The maximum absolute atomic E-state index is 5.63. The van der Waals surface area contributed by atoms with Crippen LogP contribution in [0.3, 0.4) is 0 Å². The molecule has 1 aromatic rings. The number of alkyl halides is 1. The predicted octanol–water partition coefficient (Wildman–Crippen LogP) is 3.17. The molecule has 3 nitrogen and oxygen atoms in total. The Labute approximate surface area is 101 Å². The maximum Gasteiger partial charge on any atom is 0.233 e. The van der Waals surface area contributed by atoms with Crippen molar-refractivity contribution in [2.24, 2.45) is 5.92 Å². The molecule has 1 aliphatic carbocycles. The molecule has 0 atom stereocenters. The van der Waals surface area contributed by atoms with Crippen molar-refractivity contribution in [3.63, 3.8) is 0 Å². The Hall–Kier alpha value is -0.830. The minimum Gasteiger partial charge on any atom is -0.476 e. The third-order valence-electron chi connectivity index (χ3n) is 3.02. The normalized spacial score (nSPS) is 17.3. The van der Waals surface area contributed by atoms with Gasteiger partial charge in [-0.15, -0.1) is 16.7 Å². The smallest absolute Gasteiger partial charge is 0.233 e. The molecule has 1 fully saturated rings. The molecule has 16 heavy (non-hydrogen) atoms. The lowest BCUT2D eigenvalue weighted by molar-refractivity contribution is 0.201. The van der Waals surface area contributed by atoms with E-state index in [1.165, 1.54) is 32.1 Å². The average Bonchev–Trinajstić information content (AvgIpc) is 2.38. The van der Waals surface area contributed by atoms with E-state index in [0.29, 0.717) is 17.7 Å². The first-order chi connectivity index (χ1) is 7.88. The molecule has 0 aliphatic heterocycles. The zero-order chi connectivity index (χ0) is 11.2. The molecule has 4 heteroatoms. The quantitative estimate of drug-likeness (QED) is 0.759. The van der Waals surface area contributed by atoms with Gasteiger partial charge in [0.25, 0.3) is 0 Å². The van der Waals surface area contributed by atoms with E-state index >= 15 is 0 Å². The molecule has 0 bridgehead atoms. The first-order valence-electron chi connectivity index (χ1n) is 5.90. The first kappa shape index (κ1) is 11.6. The lowest BCUT2D eigenvalue weighted by atomic mass is 9.90. The van der Waals surface area contributed by atoms with E-state index in [-0.39, 0.29) is 0 Å². The number of halogens is 1. The van der Waals surface area contributed by atoms with Crippen LogP contribution in [0.15, 0.2) is 12.1 Å². The van der Waals surface area contributed by atoms with E-state index in [2.05, 4.69) is 10.2 Å². The second-order valence-electron chi connectivity index (χ2n) is 4.31. The number of rotatable bonds is 4. The summed E-state index contributed by atoms with van der Waals surface area (Å²) in [5.74, 6) is 1.71. The zero-order valence-corrected chi connectivity index (χ0v) is 10.1. The van der Waals surface area contributed by atoms with Gasteiger partial charge in [-0.1, -0.05) is 19.3 Å². The van der Waals surface area contributed by atoms with Crippen molar-refractivity contribution in [3.05, 3.63) is 17.8 Å². The number of ether oxygens (including phenoxy) is 1. The Bertz CT molecular complexity index is 309. The van der Waals surface area contributed by atoms with E-state index < -0.39 is 0 Å². The highest BCUT2D eigenvalue weighted by atomic mass is 35.5. The van der Waals surface area contributed by atoms with Crippen molar-refractivity contribution >= 4 is 11.6 Å². The van der Waals surface area contributed by atoms with Crippen molar-refractivity contribution in [3.8, 4) is 5.88 Å². The Balaban J connectivity index is 1.79. The summed E-state index contributed by atoms with van der Waals surface area (Å²) >= 11 is 5.63. The van der Waals surface area contributed by atoms with Crippen LogP contribution >= 0.6 is 11.6 Å². The molecule has 1 saturated carbocycles. The van der Waals surface area contributed by atoms with Crippen LogP contribution in [0.1, 0.15) is 37.8 Å². The van der Waals surface area contributed by atoms with Crippen LogP contribution in [0, 0.1) is 5.92 Å². The number of aromatic nitrogens is 2. The van der Waals surface area contributed by atoms with Gasteiger partial charge in [0.2, 0.25) is 5.88 Å². The monoisotopic (exact) mass is 240 g/mol. The number of hydrogen-bond donors (Lipinski definition) is 0. The lowest BCUT2D eigenvalue weighted by Gasteiger charge is -2.21. The summed E-state index contributed by atoms with van der Waals surface area (Å²) < 4.78 is 5.63. The van der Waals surface area contributed by atoms with Gasteiger partial charge in [0.05, 0.1) is 18.2 Å². The highest BCUT2D eigenvalue weighted by molar-refractivity contribution is 6.16. The summed E-state index contributed by atoms with van der Waals surface area (Å²) in [7, 11) is 0. The van der Waals surface area contributed by atoms with Crippen LogP contribution in [0.25, 0.3) is 0 Å². The van der Waals surface area contributed by atoms with Crippen LogP contribution in [0.4, 0.5) is 0 Å². The molecule has 0 unspecified atom stereocenters. The van der Waals surface area contributed by atoms with Gasteiger partial charge in [-0.05, 0) is 24.8 Å². The van der Waals surface area contributed by atoms with E-state index in [0.717, 1.165) is 12.3 Å². The molecule has 0 radical (unpaired) electrons. The largest absolute Gasteiger partial charge is 0.476 e. The van der Waals surface area contributed by atoms with Gasteiger partial charge in [0.15, 0.2) is 0 Å². The topological polar surface area (TPSA) is 35.0 Å². The predicted molar refractivity (Wildman–Crippen MR) is 63.7 cm³/mol. The van der Waals surface area contributed by atoms with Gasteiger partial charge in [0, 0.05) is 6.07 Å². The van der Waals surface area contributed by atoms with Gasteiger partial charge in [-0.2, -0.15) is 5.10 Å². The highest BCUT2D eigenvalue weighted by Crippen LogP contribution is 2.24. The second-order valence-corrected chi connectivity index (χ2v) is 4.58. The molecule has 2 rings (SSSR count). The fraction of sp³-hybridized carbons (Fsp3) is 0.667. The highest BCUT2D eigenvalue weighted by Gasteiger charge is 2.14. The van der Waals surface area contributed by atoms with E-state index in [9.17, 15) is 0 Å². The fourth-order valence-corrected chi connectivity index (χ4v) is 2.20. The Morgan fingerprint density at radius 2 is 2.00 bits per heavy atom. The fourth-order valence-electron chi connectivity index (χ4n) is 2.05. The van der Waals surface area contributed by atoms with Gasteiger partial charge < -0.3 is 4.74 Å². The number of hydrogen-bond acceptors (Lipinski definition) is 3. The molecule has 1 aromatic heterocycles. The average molecular weight is 241 g/mol. The Morgan fingerprint density at radius 3 is 2.62 bits per heavy atom.